The lowest BCUT2D eigenvalue weighted by Crippen LogP contribution is -2.55. The summed E-state index contributed by atoms with van der Waals surface area (Å²) in [6.07, 6.45) is -4.64. The molecule has 0 atom stereocenters. The molecule has 1 aromatic carbocycles. The molecule has 2 aromatic rings. The van der Waals surface area contributed by atoms with E-state index >= 15 is 0 Å². The molecule has 0 unspecified atom stereocenters. The fraction of sp³-hybridized carbons (Fsp3) is 0.478. The number of urea groups is 1. The quantitative estimate of drug-likeness (QED) is 0.609. The van der Waals surface area contributed by atoms with Gasteiger partial charge in [-0.3, -0.25) is 9.59 Å². The Morgan fingerprint density at radius 3 is 2.44 bits per heavy atom. The Morgan fingerprint density at radius 1 is 1.12 bits per heavy atom. The summed E-state index contributed by atoms with van der Waals surface area (Å²) >= 11 is 0.547. The Balaban J connectivity index is 1.78. The van der Waals surface area contributed by atoms with Crippen molar-refractivity contribution in [2.45, 2.75) is 45.3 Å². The van der Waals surface area contributed by atoms with E-state index in [0.717, 1.165) is 5.56 Å². The second-order valence-electron chi connectivity index (χ2n) is 8.59. The molecule has 1 aliphatic heterocycles. The van der Waals surface area contributed by atoms with Gasteiger partial charge in [-0.2, -0.15) is 13.2 Å². The number of nitrogens with zero attached hydrogens (tertiary/aromatic N) is 2. The van der Waals surface area contributed by atoms with Crippen molar-refractivity contribution in [3.8, 4) is 0 Å². The predicted octanol–water partition coefficient (Wildman–Crippen LogP) is 4.02. The highest BCUT2D eigenvalue weighted by Crippen LogP contribution is 2.36. The molecule has 0 aliphatic carbocycles. The highest BCUT2D eigenvalue weighted by molar-refractivity contribution is 7.14. The van der Waals surface area contributed by atoms with Gasteiger partial charge in [0, 0.05) is 25.3 Å². The third kappa shape index (κ3) is 6.20. The van der Waals surface area contributed by atoms with Crippen molar-refractivity contribution in [2.24, 2.45) is 0 Å². The average Bonchev–Trinajstić information content (AvgIpc) is 2.99. The first kappa shape index (κ1) is 25.8. The van der Waals surface area contributed by atoms with Gasteiger partial charge in [-0.1, -0.05) is 29.8 Å². The zero-order valence-corrected chi connectivity index (χ0v) is 19.9. The molecule has 1 saturated heterocycles. The topological polar surface area (TPSA) is 88.6 Å². The SMILES string of the molecule is Cc1ccc(C(=O)c2sc(CC(=O)C(C)(C)NC(=O)N3CCCOCC3)nc2C(F)(F)F)cc1. The zero-order valence-electron chi connectivity index (χ0n) is 19.1. The van der Waals surface area contributed by atoms with E-state index in [9.17, 15) is 27.6 Å². The van der Waals surface area contributed by atoms with Gasteiger partial charge in [0.15, 0.2) is 11.5 Å². The van der Waals surface area contributed by atoms with Gasteiger partial charge in [-0.25, -0.2) is 9.78 Å². The van der Waals surface area contributed by atoms with E-state index in [0.29, 0.717) is 44.1 Å². The molecule has 184 valence electrons. The van der Waals surface area contributed by atoms with Crippen molar-refractivity contribution in [3.05, 3.63) is 51.0 Å². The first-order valence-corrected chi connectivity index (χ1v) is 11.6. The Kier molecular flexibility index (Phi) is 7.77. The fourth-order valence-corrected chi connectivity index (χ4v) is 4.39. The molecule has 1 fully saturated rings. The summed E-state index contributed by atoms with van der Waals surface area (Å²) in [5.41, 5.74) is -1.70. The summed E-state index contributed by atoms with van der Waals surface area (Å²) in [6.45, 7) is 6.55. The molecule has 1 N–H and O–H groups in total. The van der Waals surface area contributed by atoms with Gasteiger partial charge in [0.25, 0.3) is 0 Å². The van der Waals surface area contributed by atoms with Crippen LogP contribution in [0.5, 0.6) is 0 Å². The molecule has 1 aromatic heterocycles. The van der Waals surface area contributed by atoms with E-state index in [2.05, 4.69) is 10.3 Å². The van der Waals surface area contributed by atoms with Crippen LogP contribution in [0, 0.1) is 6.92 Å². The van der Waals surface area contributed by atoms with Crippen molar-refractivity contribution in [1.29, 1.82) is 0 Å². The number of benzene rings is 1. The summed E-state index contributed by atoms with van der Waals surface area (Å²) in [6, 6.07) is 5.72. The third-order valence-corrected chi connectivity index (χ3v) is 6.45. The van der Waals surface area contributed by atoms with Crippen molar-refractivity contribution in [2.75, 3.05) is 26.3 Å². The molecular formula is C23H26F3N3O4S. The predicted molar refractivity (Wildman–Crippen MR) is 120 cm³/mol. The van der Waals surface area contributed by atoms with Crippen LogP contribution < -0.4 is 5.32 Å². The molecular weight excluding hydrogens is 471 g/mol. The lowest BCUT2D eigenvalue weighted by molar-refractivity contribution is -0.141. The van der Waals surface area contributed by atoms with E-state index in [1.807, 2.05) is 0 Å². The minimum absolute atomic E-state index is 0.103. The number of halogens is 3. The number of aromatic nitrogens is 1. The Morgan fingerprint density at radius 2 is 1.79 bits per heavy atom. The van der Waals surface area contributed by atoms with E-state index < -0.39 is 46.3 Å². The monoisotopic (exact) mass is 497 g/mol. The lowest BCUT2D eigenvalue weighted by Gasteiger charge is -2.29. The van der Waals surface area contributed by atoms with E-state index in [1.165, 1.54) is 30.9 Å². The third-order valence-electron chi connectivity index (χ3n) is 5.40. The summed E-state index contributed by atoms with van der Waals surface area (Å²) in [5.74, 6) is -1.33. The number of ether oxygens (including phenoxy) is 1. The number of hydrogen-bond donors (Lipinski definition) is 1. The number of thiazole rings is 1. The number of amides is 2. The van der Waals surface area contributed by atoms with Gasteiger partial charge in [-0.05, 0) is 27.2 Å². The maximum atomic E-state index is 13.6. The van der Waals surface area contributed by atoms with Crippen molar-refractivity contribution >= 4 is 28.9 Å². The highest BCUT2D eigenvalue weighted by Gasteiger charge is 2.40. The van der Waals surface area contributed by atoms with E-state index in [-0.39, 0.29) is 10.6 Å². The van der Waals surface area contributed by atoms with Gasteiger partial charge >= 0.3 is 12.2 Å². The number of carbonyl (C=O) groups is 3. The first-order chi connectivity index (χ1) is 15.9. The Hall–Kier alpha value is -2.79. The van der Waals surface area contributed by atoms with E-state index in [4.69, 9.17) is 4.74 Å². The number of rotatable bonds is 6. The van der Waals surface area contributed by atoms with Crippen LogP contribution in [0.1, 0.15) is 51.8 Å². The van der Waals surface area contributed by atoms with Crippen LogP contribution in [0.2, 0.25) is 0 Å². The molecule has 2 heterocycles. The number of alkyl halides is 3. The number of hydrogen-bond acceptors (Lipinski definition) is 6. The van der Waals surface area contributed by atoms with Crippen LogP contribution in [0.3, 0.4) is 0 Å². The number of Topliss-reactive ketones (excluding diaryl/α,β-unsaturated/α-hetero) is 1. The number of aryl methyl sites for hydroxylation is 1. The first-order valence-electron chi connectivity index (χ1n) is 10.7. The van der Waals surface area contributed by atoms with Crippen LogP contribution in [-0.4, -0.2) is 59.3 Å². The molecule has 2 amide bonds. The van der Waals surface area contributed by atoms with Crippen LogP contribution in [0.15, 0.2) is 24.3 Å². The lowest BCUT2D eigenvalue weighted by atomic mass is 9.97. The second-order valence-corrected chi connectivity index (χ2v) is 9.67. The summed E-state index contributed by atoms with van der Waals surface area (Å²) in [4.78, 5) is 42.8. The molecule has 0 radical (unpaired) electrons. The molecule has 0 bridgehead atoms. The largest absolute Gasteiger partial charge is 0.434 e. The normalized spacial score (nSPS) is 15.1. The van der Waals surface area contributed by atoms with Gasteiger partial charge in [-0.15, -0.1) is 11.3 Å². The molecule has 11 heteroatoms. The number of ketones is 2. The van der Waals surface area contributed by atoms with Gasteiger partial charge < -0.3 is 15.0 Å². The Labute approximate surface area is 199 Å². The molecule has 1 aliphatic rings. The van der Waals surface area contributed by atoms with Crippen LogP contribution >= 0.6 is 11.3 Å². The minimum Gasteiger partial charge on any atom is -0.380 e. The molecule has 34 heavy (non-hydrogen) atoms. The van der Waals surface area contributed by atoms with Crippen LogP contribution in [0.25, 0.3) is 0 Å². The van der Waals surface area contributed by atoms with Crippen LogP contribution in [0.4, 0.5) is 18.0 Å². The molecule has 0 saturated carbocycles. The minimum atomic E-state index is -4.86. The summed E-state index contributed by atoms with van der Waals surface area (Å²) < 4.78 is 46.2. The van der Waals surface area contributed by atoms with Crippen molar-refractivity contribution in [1.82, 2.24) is 15.2 Å². The summed E-state index contributed by atoms with van der Waals surface area (Å²) in [5, 5.41) is 2.51. The van der Waals surface area contributed by atoms with Gasteiger partial charge in [0.05, 0.1) is 18.6 Å². The summed E-state index contributed by atoms with van der Waals surface area (Å²) in [7, 11) is 0. The van der Waals surface area contributed by atoms with Crippen molar-refractivity contribution < 1.29 is 32.3 Å². The molecule has 7 nitrogen and oxygen atoms in total. The zero-order chi connectivity index (χ0) is 25.1. The smallest absolute Gasteiger partial charge is 0.380 e. The molecule has 3 rings (SSSR count). The van der Waals surface area contributed by atoms with Crippen molar-refractivity contribution in [3.63, 3.8) is 0 Å². The highest BCUT2D eigenvalue weighted by atomic mass is 32.1. The van der Waals surface area contributed by atoms with Crippen LogP contribution in [-0.2, 0) is 22.1 Å². The number of nitrogens with one attached hydrogen (secondary N) is 1. The molecule has 0 spiro atoms. The number of carbonyl (C=O) groups excluding carboxylic acids is 3. The Bertz CT molecular complexity index is 1060. The average molecular weight is 498 g/mol. The fourth-order valence-electron chi connectivity index (χ4n) is 3.35. The van der Waals surface area contributed by atoms with Gasteiger partial charge in [0.1, 0.15) is 9.88 Å². The second kappa shape index (κ2) is 10.2. The standard InChI is InChI=1S/C23H26F3N3O4S/c1-14-5-7-15(8-6-14)18(31)19-20(23(24,25)26)27-17(34-19)13-16(30)22(2,3)28-21(32)29-9-4-11-33-12-10-29/h5-8H,4,9-13H2,1-3H3,(H,28,32). The van der Waals surface area contributed by atoms with Gasteiger partial charge in [0.2, 0.25) is 5.78 Å². The maximum absolute atomic E-state index is 13.6. The maximum Gasteiger partial charge on any atom is 0.434 e. The van der Waals surface area contributed by atoms with E-state index in [1.54, 1.807) is 19.1 Å².